The van der Waals surface area contributed by atoms with Crippen molar-refractivity contribution in [2.24, 2.45) is 5.92 Å². The first-order chi connectivity index (χ1) is 9.49. The lowest BCUT2D eigenvalue weighted by Gasteiger charge is -2.17. The largest absolute Gasteiger partial charge is 0.395 e. The van der Waals surface area contributed by atoms with Crippen LogP contribution in [0, 0.1) is 36.0 Å². The number of amides is 1. The predicted octanol–water partition coefficient (Wildman–Crippen LogP) is 2.02. The van der Waals surface area contributed by atoms with Crippen LogP contribution < -0.4 is 0 Å². The summed E-state index contributed by atoms with van der Waals surface area (Å²) in [7, 11) is 1.70. The molecule has 1 aromatic rings. The van der Waals surface area contributed by atoms with Gasteiger partial charge in [-0.3, -0.25) is 4.79 Å². The Balaban J connectivity index is 2.83. The van der Waals surface area contributed by atoms with E-state index in [0.717, 1.165) is 10.4 Å². The second kappa shape index (κ2) is 7.69. The van der Waals surface area contributed by atoms with E-state index in [1.54, 1.807) is 18.9 Å². The van der Waals surface area contributed by atoms with Crippen LogP contribution in [-0.4, -0.2) is 36.1 Å². The number of aliphatic hydroxyl groups is 1. The van der Waals surface area contributed by atoms with Gasteiger partial charge in [-0.25, -0.2) is 0 Å². The predicted molar refractivity (Wildman–Crippen MR) is 79.4 cm³/mol. The van der Waals surface area contributed by atoms with E-state index in [9.17, 15) is 4.79 Å². The molecule has 0 saturated heterocycles. The molecule has 1 N–H and O–H groups in total. The van der Waals surface area contributed by atoms with Crippen LogP contribution in [-0.2, 0) is 0 Å². The maximum Gasteiger partial charge on any atom is 0.263 e. The number of carbonyl (C=O) groups is 1. The molecular formula is C15H18N2O2S. The molecule has 0 aliphatic heterocycles. The fourth-order valence-corrected chi connectivity index (χ4v) is 2.67. The number of rotatable bonds is 4. The minimum Gasteiger partial charge on any atom is -0.395 e. The fourth-order valence-electron chi connectivity index (χ4n) is 1.63. The van der Waals surface area contributed by atoms with Crippen molar-refractivity contribution in [3.05, 3.63) is 21.4 Å². The van der Waals surface area contributed by atoms with Gasteiger partial charge >= 0.3 is 0 Å². The average molecular weight is 290 g/mol. The fraction of sp³-hybridized carbons (Fsp3) is 0.467. The molecule has 1 amide bonds. The number of aryl methyl sites for hydroxylation is 1. The van der Waals surface area contributed by atoms with Gasteiger partial charge in [-0.15, -0.1) is 11.3 Å². The van der Waals surface area contributed by atoms with E-state index in [-0.39, 0.29) is 18.4 Å². The minimum absolute atomic E-state index is 0.0397. The van der Waals surface area contributed by atoms with Crippen LogP contribution in [0.3, 0.4) is 0 Å². The Labute approximate surface area is 123 Å². The quantitative estimate of drug-likeness (QED) is 0.863. The van der Waals surface area contributed by atoms with Gasteiger partial charge in [0.15, 0.2) is 0 Å². The highest BCUT2D eigenvalue weighted by Gasteiger charge is 2.17. The number of nitriles is 1. The lowest BCUT2D eigenvalue weighted by atomic mass is 10.2. The molecule has 4 nitrogen and oxygen atoms in total. The van der Waals surface area contributed by atoms with Gasteiger partial charge in [-0.1, -0.05) is 11.8 Å². The normalized spacial score (nSPS) is 11.2. The average Bonchev–Trinajstić information content (AvgIpc) is 2.79. The molecule has 0 aromatic carbocycles. The molecule has 20 heavy (non-hydrogen) atoms. The second-order valence-corrected chi connectivity index (χ2v) is 5.67. The van der Waals surface area contributed by atoms with E-state index in [4.69, 9.17) is 10.4 Å². The van der Waals surface area contributed by atoms with E-state index in [2.05, 4.69) is 17.9 Å². The molecular weight excluding hydrogens is 272 g/mol. The summed E-state index contributed by atoms with van der Waals surface area (Å²) in [5, 5.41) is 17.5. The molecule has 1 heterocycles. The first-order valence-electron chi connectivity index (χ1n) is 6.34. The van der Waals surface area contributed by atoms with Crippen molar-refractivity contribution in [3.8, 4) is 17.9 Å². The lowest BCUT2D eigenvalue weighted by Crippen LogP contribution is -2.30. The standard InChI is InChI=1S/C15H18N2O2S/c1-11(9-16)10-17(3)15(19)14-8-12(2)13(20-14)6-4-5-7-18/h8,11,18H,5,7,10H2,1-3H3. The monoisotopic (exact) mass is 290 g/mol. The van der Waals surface area contributed by atoms with E-state index in [1.807, 2.05) is 13.0 Å². The first-order valence-corrected chi connectivity index (χ1v) is 7.16. The van der Waals surface area contributed by atoms with Crippen molar-refractivity contribution in [2.45, 2.75) is 20.3 Å². The molecule has 0 spiro atoms. The van der Waals surface area contributed by atoms with E-state index < -0.39 is 0 Å². The molecule has 1 unspecified atom stereocenters. The second-order valence-electron chi connectivity index (χ2n) is 4.61. The Bertz CT molecular complexity index is 575. The Kier molecular flexibility index (Phi) is 6.24. The Morgan fingerprint density at radius 1 is 1.60 bits per heavy atom. The zero-order valence-electron chi connectivity index (χ0n) is 11.9. The number of thiophene rings is 1. The molecule has 1 rings (SSSR count). The molecule has 0 aliphatic rings. The Morgan fingerprint density at radius 3 is 2.90 bits per heavy atom. The van der Waals surface area contributed by atoms with E-state index in [0.29, 0.717) is 17.8 Å². The van der Waals surface area contributed by atoms with Crippen molar-refractivity contribution in [1.29, 1.82) is 5.26 Å². The van der Waals surface area contributed by atoms with Crippen LogP contribution in [0.25, 0.3) is 0 Å². The number of hydrogen-bond acceptors (Lipinski definition) is 4. The van der Waals surface area contributed by atoms with Crippen molar-refractivity contribution >= 4 is 17.2 Å². The zero-order chi connectivity index (χ0) is 15.1. The molecule has 106 valence electrons. The highest BCUT2D eigenvalue weighted by molar-refractivity contribution is 7.14. The molecule has 0 saturated carbocycles. The van der Waals surface area contributed by atoms with Gasteiger partial charge in [0.05, 0.1) is 28.3 Å². The van der Waals surface area contributed by atoms with Gasteiger partial charge in [0.25, 0.3) is 5.91 Å². The summed E-state index contributed by atoms with van der Waals surface area (Å²) in [4.78, 5) is 15.3. The third kappa shape index (κ3) is 4.38. The van der Waals surface area contributed by atoms with Gasteiger partial charge in [-0.05, 0) is 25.5 Å². The third-order valence-corrected chi connectivity index (χ3v) is 3.82. The van der Waals surface area contributed by atoms with Crippen molar-refractivity contribution < 1.29 is 9.90 Å². The summed E-state index contributed by atoms with van der Waals surface area (Å²) >= 11 is 1.35. The SMILES string of the molecule is Cc1cc(C(=O)N(C)CC(C)C#N)sc1C#CCCO. The molecule has 0 aliphatic carbocycles. The lowest BCUT2D eigenvalue weighted by molar-refractivity contribution is 0.0790. The summed E-state index contributed by atoms with van der Waals surface area (Å²) in [6.45, 7) is 4.15. The molecule has 1 atom stereocenters. The van der Waals surface area contributed by atoms with Gasteiger partial charge in [0, 0.05) is 20.0 Å². The zero-order valence-corrected chi connectivity index (χ0v) is 12.8. The summed E-state index contributed by atoms with van der Waals surface area (Å²) in [5.74, 6) is 5.55. The smallest absolute Gasteiger partial charge is 0.263 e. The van der Waals surface area contributed by atoms with Crippen LogP contribution in [0.1, 0.15) is 33.5 Å². The minimum atomic E-state index is -0.186. The number of nitrogens with zero attached hydrogens (tertiary/aromatic N) is 2. The first kappa shape index (κ1) is 16.2. The van der Waals surface area contributed by atoms with Crippen molar-refractivity contribution in [3.63, 3.8) is 0 Å². The Hall–Kier alpha value is -1.82. The van der Waals surface area contributed by atoms with Gasteiger partial charge in [0.1, 0.15) is 0 Å². The van der Waals surface area contributed by atoms with Crippen LogP contribution in [0.5, 0.6) is 0 Å². The number of carbonyl (C=O) groups excluding carboxylic acids is 1. The maximum atomic E-state index is 12.2. The molecule has 0 bridgehead atoms. The summed E-state index contributed by atoms with van der Waals surface area (Å²) in [6, 6.07) is 3.94. The van der Waals surface area contributed by atoms with Gasteiger partial charge in [-0.2, -0.15) is 5.26 Å². The summed E-state index contributed by atoms with van der Waals surface area (Å²) in [5.41, 5.74) is 0.963. The number of aliphatic hydroxyl groups excluding tert-OH is 1. The van der Waals surface area contributed by atoms with Gasteiger partial charge in [0.2, 0.25) is 0 Å². The molecule has 1 aromatic heterocycles. The van der Waals surface area contributed by atoms with Crippen LogP contribution >= 0.6 is 11.3 Å². The Morgan fingerprint density at radius 2 is 2.30 bits per heavy atom. The van der Waals surface area contributed by atoms with Crippen LogP contribution in [0.4, 0.5) is 0 Å². The van der Waals surface area contributed by atoms with Crippen molar-refractivity contribution in [1.82, 2.24) is 4.90 Å². The maximum absolute atomic E-state index is 12.2. The van der Waals surface area contributed by atoms with Crippen LogP contribution in [0.2, 0.25) is 0 Å². The van der Waals surface area contributed by atoms with Crippen molar-refractivity contribution in [2.75, 3.05) is 20.2 Å². The molecule has 5 heteroatoms. The molecule has 0 radical (unpaired) electrons. The third-order valence-electron chi connectivity index (χ3n) is 2.68. The highest BCUT2D eigenvalue weighted by Crippen LogP contribution is 2.22. The number of hydrogen-bond donors (Lipinski definition) is 1. The summed E-state index contributed by atoms with van der Waals surface area (Å²) in [6.07, 6.45) is 0.431. The summed E-state index contributed by atoms with van der Waals surface area (Å²) < 4.78 is 0. The van der Waals surface area contributed by atoms with Crippen LogP contribution in [0.15, 0.2) is 6.07 Å². The van der Waals surface area contributed by atoms with E-state index >= 15 is 0 Å². The van der Waals surface area contributed by atoms with E-state index in [1.165, 1.54) is 11.3 Å². The van der Waals surface area contributed by atoms with Gasteiger partial charge < -0.3 is 10.0 Å². The highest BCUT2D eigenvalue weighted by atomic mass is 32.1. The molecule has 0 fully saturated rings. The topological polar surface area (TPSA) is 64.3 Å².